The van der Waals surface area contributed by atoms with Gasteiger partial charge in [0.25, 0.3) is 0 Å². The Morgan fingerprint density at radius 2 is 2.17 bits per heavy atom. The first-order chi connectivity index (χ1) is 10.8. The molecule has 1 unspecified atom stereocenters. The van der Waals surface area contributed by atoms with Gasteiger partial charge in [0.2, 0.25) is 0 Å². The van der Waals surface area contributed by atoms with Crippen LogP contribution in [0.4, 0.5) is 4.79 Å². The number of nitrogens with zero attached hydrogens (tertiary/aromatic N) is 1. The van der Waals surface area contributed by atoms with E-state index in [1.807, 2.05) is 32.9 Å². The molecule has 1 heterocycles. The second kappa shape index (κ2) is 7.70. The molecule has 1 amide bonds. The number of amides is 1. The largest absolute Gasteiger partial charge is 0.496 e. The van der Waals surface area contributed by atoms with Gasteiger partial charge in [0.15, 0.2) is 0 Å². The summed E-state index contributed by atoms with van der Waals surface area (Å²) >= 11 is 2.26. The van der Waals surface area contributed by atoms with E-state index in [1.54, 1.807) is 12.0 Å². The maximum Gasteiger partial charge on any atom is 0.410 e. The average molecular weight is 433 g/mol. The third kappa shape index (κ3) is 5.53. The van der Waals surface area contributed by atoms with E-state index in [-0.39, 0.29) is 12.2 Å². The van der Waals surface area contributed by atoms with Crippen LogP contribution in [0.15, 0.2) is 18.2 Å². The van der Waals surface area contributed by atoms with Gasteiger partial charge in [-0.1, -0.05) is 6.07 Å². The Morgan fingerprint density at radius 1 is 1.43 bits per heavy atom. The molecule has 1 atom stereocenters. The van der Waals surface area contributed by atoms with E-state index in [9.17, 15) is 4.79 Å². The zero-order chi connectivity index (χ0) is 17.0. The van der Waals surface area contributed by atoms with Crippen LogP contribution in [0, 0.1) is 3.57 Å². The van der Waals surface area contributed by atoms with Crippen molar-refractivity contribution in [3.63, 3.8) is 0 Å². The van der Waals surface area contributed by atoms with Gasteiger partial charge in [0.05, 0.1) is 29.9 Å². The topological polar surface area (TPSA) is 48.0 Å². The first-order valence-corrected chi connectivity index (χ1v) is 8.78. The molecule has 0 spiro atoms. The number of morpholine rings is 1. The minimum absolute atomic E-state index is 0.0135. The third-order valence-corrected chi connectivity index (χ3v) is 4.31. The molecule has 0 saturated carbocycles. The molecular weight excluding hydrogens is 409 g/mol. The molecule has 0 radical (unpaired) electrons. The van der Waals surface area contributed by atoms with E-state index in [2.05, 4.69) is 28.7 Å². The smallest absolute Gasteiger partial charge is 0.410 e. The van der Waals surface area contributed by atoms with Crippen LogP contribution in [0.5, 0.6) is 5.75 Å². The van der Waals surface area contributed by atoms with Crippen molar-refractivity contribution in [3.05, 3.63) is 27.3 Å². The van der Waals surface area contributed by atoms with Crippen LogP contribution >= 0.6 is 22.6 Å². The van der Waals surface area contributed by atoms with E-state index in [0.717, 1.165) is 15.7 Å². The highest BCUT2D eigenvalue weighted by Gasteiger charge is 2.28. The molecule has 0 aromatic heterocycles. The highest BCUT2D eigenvalue weighted by Crippen LogP contribution is 2.23. The summed E-state index contributed by atoms with van der Waals surface area (Å²) in [6.07, 6.45) is 0.481. The minimum atomic E-state index is -0.475. The number of carbonyl (C=O) groups is 1. The lowest BCUT2D eigenvalue weighted by atomic mass is 10.1. The van der Waals surface area contributed by atoms with Crippen LogP contribution in [0.2, 0.25) is 0 Å². The molecule has 0 bridgehead atoms. The summed E-state index contributed by atoms with van der Waals surface area (Å²) in [6.45, 7) is 7.30. The van der Waals surface area contributed by atoms with Crippen molar-refractivity contribution in [2.75, 3.05) is 26.8 Å². The Kier molecular flexibility index (Phi) is 6.13. The van der Waals surface area contributed by atoms with E-state index >= 15 is 0 Å². The van der Waals surface area contributed by atoms with Gasteiger partial charge in [-0.2, -0.15) is 0 Å². The van der Waals surface area contributed by atoms with Gasteiger partial charge in [0, 0.05) is 13.0 Å². The second-order valence-corrected chi connectivity index (χ2v) is 7.75. The fourth-order valence-electron chi connectivity index (χ4n) is 2.43. The summed E-state index contributed by atoms with van der Waals surface area (Å²) in [5, 5.41) is 0. The van der Waals surface area contributed by atoms with Crippen molar-refractivity contribution in [1.29, 1.82) is 0 Å². The fraction of sp³-hybridized carbons (Fsp3) is 0.588. The lowest BCUT2D eigenvalue weighted by Gasteiger charge is -2.34. The maximum absolute atomic E-state index is 12.2. The molecule has 0 N–H and O–H groups in total. The first kappa shape index (κ1) is 18.3. The number of hydrogen-bond donors (Lipinski definition) is 0. The monoisotopic (exact) mass is 433 g/mol. The Labute approximate surface area is 151 Å². The third-order valence-electron chi connectivity index (χ3n) is 3.47. The molecule has 1 aromatic rings. The molecule has 6 heteroatoms. The van der Waals surface area contributed by atoms with Crippen molar-refractivity contribution >= 4 is 28.7 Å². The van der Waals surface area contributed by atoms with Crippen LogP contribution in [0.25, 0.3) is 0 Å². The molecule has 0 aliphatic carbocycles. The van der Waals surface area contributed by atoms with Crippen LogP contribution < -0.4 is 4.74 Å². The summed E-state index contributed by atoms with van der Waals surface area (Å²) in [7, 11) is 1.67. The number of rotatable bonds is 3. The van der Waals surface area contributed by atoms with Gasteiger partial charge >= 0.3 is 6.09 Å². The predicted molar refractivity (Wildman–Crippen MR) is 97.0 cm³/mol. The highest BCUT2D eigenvalue weighted by atomic mass is 127. The van der Waals surface area contributed by atoms with Gasteiger partial charge in [-0.05, 0) is 61.1 Å². The average Bonchev–Trinajstić information content (AvgIpc) is 2.46. The van der Waals surface area contributed by atoms with Crippen molar-refractivity contribution in [1.82, 2.24) is 4.90 Å². The van der Waals surface area contributed by atoms with Crippen LogP contribution in [-0.2, 0) is 15.9 Å². The van der Waals surface area contributed by atoms with Crippen LogP contribution in [0.3, 0.4) is 0 Å². The molecule has 1 aliphatic rings. The second-order valence-electron chi connectivity index (χ2n) is 6.59. The van der Waals surface area contributed by atoms with E-state index in [0.29, 0.717) is 19.7 Å². The lowest BCUT2D eigenvalue weighted by Crippen LogP contribution is -2.48. The number of ether oxygens (including phenoxy) is 3. The fourth-order valence-corrected chi connectivity index (χ4v) is 3.23. The molecular formula is C17H24INO4. The predicted octanol–water partition coefficient (Wildman–Crippen LogP) is 3.48. The number of methoxy groups -OCH3 is 1. The van der Waals surface area contributed by atoms with Crippen molar-refractivity contribution in [3.8, 4) is 5.75 Å². The minimum Gasteiger partial charge on any atom is -0.496 e. The molecule has 1 saturated heterocycles. The maximum atomic E-state index is 12.2. The summed E-state index contributed by atoms with van der Waals surface area (Å²) in [6, 6.07) is 6.09. The molecule has 1 aromatic carbocycles. The Bertz CT molecular complexity index is 556. The molecule has 5 nitrogen and oxygen atoms in total. The molecule has 23 heavy (non-hydrogen) atoms. The van der Waals surface area contributed by atoms with Gasteiger partial charge in [0.1, 0.15) is 11.4 Å². The first-order valence-electron chi connectivity index (χ1n) is 7.70. The van der Waals surface area contributed by atoms with E-state index in [4.69, 9.17) is 14.2 Å². The molecule has 1 aliphatic heterocycles. The van der Waals surface area contributed by atoms with Crippen molar-refractivity contribution in [2.24, 2.45) is 0 Å². The summed E-state index contributed by atoms with van der Waals surface area (Å²) in [4.78, 5) is 13.9. The number of carbonyl (C=O) groups excluding carboxylic acids is 1. The Balaban J connectivity index is 1.96. The van der Waals surface area contributed by atoms with Gasteiger partial charge in [-0.3, -0.25) is 0 Å². The number of halogens is 1. The summed E-state index contributed by atoms with van der Waals surface area (Å²) in [5.74, 6) is 0.870. The quantitative estimate of drug-likeness (QED) is 0.686. The van der Waals surface area contributed by atoms with Gasteiger partial charge < -0.3 is 19.1 Å². The zero-order valence-corrected chi connectivity index (χ0v) is 16.3. The Morgan fingerprint density at radius 3 is 2.78 bits per heavy atom. The summed E-state index contributed by atoms with van der Waals surface area (Å²) < 4.78 is 17.6. The highest BCUT2D eigenvalue weighted by molar-refractivity contribution is 14.1. The Hall–Kier alpha value is -1.02. The van der Waals surface area contributed by atoms with Crippen molar-refractivity contribution in [2.45, 2.75) is 38.9 Å². The zero-order valence-electron chi connectivity index (χ0n) is 14.1. The standard InChI is InChI=1S/C17H24INO4/c1-17(2,3)23-16(20)19-7-8-22-13(11-19)9-12-5-6-15(21-4)14(18)10-12/h5-6,10,13H,7-9,11H2,1-4H3. The molecule has 128 valence electrons. The lowest BCUT2D eigenvalue weighted by molar-refractivity contribution is -0.0415. The van der Waals surface area contributed by atoms with Gasteiger partial charge in [-0.15, -0.1) is 0 Å². The molecule has 1 fully saturated rings. The van der Waals surface area contributed by atoms with E-state index < -0.39 is 5.60 Å². The van der Waals surface area contributed by atoms with E-state index in [1.165, 1.54) is 5.56 Å². The normalized spacial score (nSPS) is 18.7. The van der Waals surface area contributed by atoms with Crippen LogP contribution in [-0.4, -0.2) is 49.5 Å². The SMILES string of the molecule is COc1ccc(CC2CN(C(=O)OC(C)(C)C)CCO2)cc1I. The number of hydrogen-bond acceptors (Lipinski definition) is 4. The summed E-state index contributed by atoms with van der Waals surface area (Å²) in [5.41, 5.74) is 0.697. The van der Waals surface area contributed by atoms with Crippen LogP contribution in [0.1, 0.15) is 26.3 Å². The number of benzene rings is 1. The van der Waals surface area contributed by atoms with Gasteiger partial charge in [-0.25, -0.2) is 4.79 Å². The molecule has 2 rings (SSSR count). The van der Waals surface area contributed by atoms with Crippen molar-refractivity contribution < 1.29 is 19.0 Å².